The van der Waals surface area contributed by atoms with E-state index in [0.29, 0.717) is 32.1 Å². The minimum atomic E-state index is -0.914. The predicted octanol–water partition coefficient (Wildman–Crippen LogP) is 1.12. The third-order valence-corrected chi connectivity index (χ3v) is 3.88. The highest BCUT2D eigenvalue weighted by Gasteiger charge is 2.28. The number of nitrogens with zero attached hydrogens (tertiary/aromatic N) is 1. The number of morpholine rings is 1. The molecule has 1 saturated heterocycles. The van der Waals surface area contributed by atoms with Crippen LogP contribution in [0.4, 0.5) is 0 Å². The SMILES string of the molecule is COc1ccc(C(=O)O[C@@H](C)C(=O)N2CCOCC2)c(OC)c1OC. The van der Waals surface area contributed by atoms with Crippen molar-refractivity contribution in [1.82, 2.24) is 4.90 Å². The van der Waals surface area contributed by atoms with E-state index in [4.69, 9.17) is 23.7 Å². The second-order valence-corrected chi connectivity index (χ2v) is 5.37. The van der Waals surface area contributed by atoms with Crippen LogP contribution in [-0.2, 0) is 14.3 Å². The number of ether oxygens (including phenoxy) is 5. The monoisotopic (exact) mass is 353 g/mol. The summed E-state index contributed by atoms with van der Waals surface area (Å²) in [5, 5.41) is 0. The lowest BCUT2D eigenvalue weighted by atomic mass is 10.1. The number of methoxy groups -OCH3 is 3. The van der Waals surface area contributed by atoms with Crippen molar-refractivity contribution in [3.63, 3.8) is 0 Å². The maximum atomic E-state index is 12.5. The molecule has 0 aromatic heterocycles. The Morgan fingerprint density at radius 2 is 1.68 bits per heavy atom. The van der Waals surface area contributed by atoms with Gasteiger partial charge in [0.1, 0.15) is 5.56 Å². The molecule has 25 heavy (non-hydrogen) atoms. The lowest BCUT2D eigenvalue weighted by Crippen LogP contribution is -2.46. The highest BCUT2D eigenvalue weighted by Crippen LogP contribution is 2.40. The number of rotatable bonds is 6. The highest BCUT2D eigenvalue weighted by atomic mass is 16.6. The molecule has 0 spiro atoms. The Bertz CT molecular complexity index is 626. The molecule has 1 aliphatic rings. The molecule has 0 unspecified atom stereocenters. The van der Waals surface area contributed by atoms with Gasteiger partial charge in [0.15, 0.2) is 17.6 Å². The average Bonchev–Trinajstić information content (AvgIpc) is 2.66. The summed E-state index contributed by atoms with van der Waals surface area (Å²) in [4.78, 5) is 26.5. The lowest BCUT2D eigenvalue weighted by molar-refractivity contribution is -0.143. The maximum absolute atomic E-state index is 12.5. The standard InChI is InChI=1S/C17H23NO7/c1-11(16(19)18-7-9-24-10-8-18)25-17(20)12-5-6-13(21-2)15(23-4)14(12)22-3/h5-6,11H,7-10H2,1-4H3/t11-/m0/s1. The van der Waals surface area contributed by atoms with Gasteiger partial charge in [-0.3, -0.25) is 4.79 Å². The second kappa shape index (κ2) is 8.57. The van der Waals surface area contributed by atoms with E-state index in [-0.39, 0.29) is 23.0 Å². The number of hydrogen-bond donors (Lipinski definition) is 0. The fourth-order valence-electron chi connectivity index (χ4n) is 2.58. The zero-order chi connectivity index (χ0) is 18.4. The molecule has 1 aromatic carbocycles. The molecule has 1 heterocycles. The van der Waals surface area contributed by atoms with Gasteiger partial charge in [-0.2, -0.15) is 0 Å². The number of carbonyl (C=O) groups is 2. The van der Waals surface area contributed by atoms with Gasteiger partial charge in [-0.25, -0.2) is 4.79 Å². The molecule has 0 N–H and O–H groups in total. The third-order valence-electron chi connectivity index (χ3n) is 3.88. The van der Waals surface area contributed by atoms with E-state index >= 15 is 0 Å². The summed E-state index contributed by atoms with van der Waals surface area (Å²) in [5.74, 6) is -0.0270. The number of carbonyl (C=O) groups excluding carboxylic acids is 2. The highest BCUT2D eigenvalue weighted by molar-refractivity contribution is 5.96. The molecular weight excluding hydrogens is 330 g/mol. The fourth-order valence-corrected chi connectivity index (χ4v) is 2.58. The van der Waals surface area contributed by atoms with E-state index in [1.807, 2.05) is 0 Å². The molecule has 1 atom stereocenters. The van der Waals surface area contributed by atoms with Crippen molar-refractivity contribution in [2.45, 2.75) is 13.0 Å². The Balaban J connectivity index is 2.15. The van der Waals surface area contributed by atoms with E-state index in [1.165, 1.54) is 27.4 Å². The molecule has 0 radical (unpaired) electrons. The Morgan fingerprint density at radius 3 is 2.24 bits per heavy atom. The Kier molecular flexibility index (Phi) is 6.46. The normalized spacial score (nSPS) is 15.3. The summed E-state index contributed by atoms with van der Waals surface area (Å²) < 4.78 is 26.2. The minimum Gasteiger partial charge on any atom is -0.493 e. The molecule has 138 valence electrons. The average molecular weight is 353 g/mol. The van der Waals surface area contributed by atoms with Gasteiger partial charge in [0.25, 0.3) is 5.91 Å². The molecule has 0 saturated carbocycles. The molecule has 1 fully saturated rings. The van der Waals surface area contributed by atoms with Crippen molar-refractivity contribution in [2.75, 3.05) is 47.6 Å². The number of benzene rings is 1. The van der Waals surface area contributed by atoms with Crippen LogP contribution in [-0.4, -0.2) is 70.5 Å². The van der Waals surface area contributed by atoms with Crippen LogP contribution in [0.3, 0.4) is 0 Å². The fraction of sp³-hybridized carbons (Fsp3) is 0.529. The first kappa shape index (κ1) is 18.9. The minimum absolute atomic E-state index is 0.154. The van der Waals surface area contributed by atoms with Crippen LogP contribution in [0.1, 0.15) is 17.3 Å². The van der Waals surface area contributed by atoms with Crippen LogP contribution in [0.25, 0.3) is 0 Å². The van der Waals surface area contributed by atoms with E-state index in [1.54, 1.807) is 17.9 Å². The maximum Gasteiger partial charge on any atom is 0.342 e. The summed E-state index contributed by atoms with van der Waals surface area (Å²) in [7, 11) is 4.34. The van der Waals surface area contributed by atoms with Crippen molar-refractivity contribution in [1.29, 1.82) is 0 Å². The van der Waals surface area contributed by atoms with Crippen LogP contribution in [0.15, 0.2) is 12.1 Å². The van der Waals surface area contributed by atoms with Crippen LogP contribution < -0.4 is 14.2 Å². The van der Waals surface area contributed by atoms with Crippen molar-refractivity contribution < 1.29 is 33.3 Å². The van der Waals surface area contributed by atoms with Crippen LogP contribution in [0.2, 0.25) is 0 Å². The van der Waals surface area contributed by atoms with Crippen molar-refractivity contribution in [3.8, 4) is 17.2 Å². The van der Waals surface area contributed by atoms with E-state index in [0.717, 1.165) is 0 Å². The molecular formula is C17H23NO7. The summed E-state index contributed by atoms with van der Waals surface area (Å²) in [6, 6.07) is 3.08. The Morgan fingerprint density at radius 1 is 1.04 bits per heavy atom. The summed E-state index contributed by atoms with van der Waals surface area (Å²) >= 11 is 0. The first-order chi connectivity index (χ1) is 12.0. The zero-order valence-electron chi connectivity index (χ0n) is 14.9. The number of esters is 1. The molecule has 8 nitrogen and oxygen atoms in total. The molecule has 0 aliphatic carbocycles. The van der Waals surface area contributed by atoms with Crippen molar-refractivity contribution in [3.05, 3.63) is 17.7 Å². The Hall–Kier alpha value is -2.48. The second-order valence-electron chi connectivity index (χ2n) is 5.37. The zero-order valence-corrected chi connectivity index (χ0v) is 14.9. The first-order valence-corrected chi connectivity index (χ1v) is 7.90. The van der Waals surface area contributed by atoms with Gasteiger partial charge in [-0.15, -0.1) is 0 Å². The lowest BCUT2D eigenvalue weighted by Gasteiger charge is -2.29. The van der Waals surface area contributed by atoms with E-state index < -0.39 is 12.1 Å². The van der Waals surface area contributed by atoms with Gasteiger partial charge in [-0.1, -0.05) is 0 Å². The summed E-state index contributed by atoms with van der Waals surface area (Å²) in [6.07, 6.45) is -0.914. The number of hydrogen-bond acceptors (Lipinski definition) is 7. The predicted molar refractivity (Wildman–Crippen MR) is 88.4 cm³/mol. The smallest absolute Gasteiger partial charge is 0.342 e. The quantitative estimate of drug-likeness (QED) is 0.709. The number of amides is 1. The molecule has 1 aliphatic heterocycles. The molecule has 1 aromatic rings. The van der Waals surface area contributed by atoms with Gasteiger partial charge in [0.05, 0.1) is 34.5 Å². The molecule has 2 rings (SSSR count). The molecule has 8 heteroatoms. The summed E-state index contributed by atoms with van der Waals surface area (Å²) in [5.41, 5.74) is 0.154. The van der Waals surface area contributed by atoms with Crippen molar-refractivity contribution >= 4 is 11.9 Å². The molecule has 0 bridgehead atoms. The topological polar surface area (TPSA) is 83.5 Å². The molecule has 1 amide bonds. The Labute approximate surface area is 146 Å². The van der Waals surface area contributed by atoms with Gasteiger partial charge < -0.3 is 28.6 Å². The van der Waals surface area contributed by atoms with Crippen molar-refractivity contribution in [2.24, 2.45) is 0 Å². The van der Waals surface area contributed by atoms with E-state index in [2.05, 4.69) is 0 Å². The van der Waals surface area contributed by atoms with E-state index in [9.17, 15) is 9.59 Å². The third kappa shape index (κ3) is 4.14. The van der Waals surface area contributed by atoms with Gasteiger partial charge in [0.2, 0.25) is 5.75 Å². The van der Waals surface area contributed by atoms with Gasteiger partial charge in [-0.05, 0) is 19.1 Å². The first-order valence-electron chi connectivity index (χ1n) is 7.90. The van der Waals surface area contributed by atoms with Crippen LogP contribution in [0, 0.1) is 0 Å². The van der Waals surface area contributed by atoms with Crippen LogP contribution in [0.5, 0.6) is 17.2 Å². The van der Waals surface area contributed by atoms with Gasteiger partial charge in [0, 0.05) is 13.1 Å². The van der Waals surface area contributed by atoms with Crippen LogP contribution >= 0.6 is 0 Å². The largest absolute Gasteiger partial charge is 0.493 e. The summed E-state index contributed by atoms with van der Waals surface area (Å²) in [6.45, 7) is 3.48. The van der Waals surface area contributed by atoms with Gasteiger partial charge >= 0.3 is 5.97 Å².